The van der Waals surface area contributed by atoms with Crippen LogP contribution in [0.4, 0.5) is 0 Å². The number of benzene rings is 1. The first-order valence-electron chi connectivity index (χ1n) is 4.08. The van der Waals surface area contributed by atoms with Gasteiger partial charge in [-0.2, -0.15) is 0 Å². The fourth-order valence-corrected chi connectivity index (χ4v) is 1.69. The third kappa shape index (κ3) is 2.10. The van der Waals surface area contributed by atoms with Crippen LogP contribution in [0.3, 0.4) is 0 Å². The van der Waals surface area contributed by atoms with Gasteiger partial charge in [-0.3, -0.25) is 0 Å². The molecule has 1 aromatic rings. The molecule has 0 fully saturated rings. The van der Waals surface area contributed by atoms with Gasteiger partial charge < -0.3 is 10.2 Å². The SMILES string of the molecule is CC(C)(C)c1cc(O)c(O)cc1S. The third-order valence-electron chi connectivity index (χ3n) is 1.90. The Balaban J connectivity index is 3.32. The van der Waals surface area contributed by atoms with Gasteiger partial charge in [0.25, 0.3) is 0 Å². The van der Waals surface area contributed by atoms with Crippen LogP contribution in [-0.4, -0.2) is 10.2 Å². The van der Waals surface area contributed by atoms with E-state index in [1.807, 2.05) is 20.8 Å². The maximum Gasteiger partial charge on any atom is 0.158 e. The second-order valence-electron chi connectivity index (χ2n) is 4.11. The zero-order valence-electron chi connectivity index (χ0n) is 8.00. The Hall–Kier alpha value is -0.830. The van der Waals surface area contributed by atoms with Gasteiger partial charge in [0.2, 0.25) is 0 Å². The molecule has 0 unspecified atom stereocenters. The van der Waals surface area contributed by atoms with Crippen LogP contribution in [0.25, 0.3) is 0 Å². The van der Waals surface area contributed by atoms with E-state index in [2.05, 4.69) is 12.6 Å². The summed E-state index contributed by atoms with van der Waals surface area (Å²) >= 11 is 4.24. The van der Waals surface area contributed by atoms with Crippen molar-refractivity contribution >= 4 is 12.6 Å². The number of hydrogen-bond donors (Lipinski definition) is 3. The normalized spacial score (nSPS) is 11.7. The molecule has 0 aromatic heterocycles. The van der Waals surface area contributed by atoms with Crippen LogP contribution < -0.4 is 0 Å². The molecule has 0 bridgehead atoms. The Morgan fingerprint density at radius 2 is 1.54 bits per heavy atom. The molecule has 2 nitrogen and oxygen atoms in total. The van der Waals surface area contributed by atoms with E-state index < -0.39 is 0 Å². The Kier molecular flexibility index (Phi) is 2.48. The lowest BCUT2D eigenvalue weighted by Gasteiger charge is -2.21. The number of phenols is 2. The largest absolute Gasteiger partial charge is 0.504 e. The molecule has 1 rings (SSSR count). The van der Waals surface area contributed by atoms with E-state index in [0.29, 0.717) is 4.90 Å². The molecule has 0 heterocycles. The number of aromatic hydroxyl groups is 2. The van der Waals surface area contributed by atoms with Crippen molar-refractivity contribution in [3.63, 3.8) is 0 Å². The zero-order valence-corrected chi connectivity index (χ0v) is 8.89. The molecule has 72 valence electrons. The highest BCUT2D eigenvalue weighted by atomic mass is 32.1. The van der Waals surface area contributed by atoms with Crippen molar-refractivity contribution in [1.29, 1.82) is 0 Å². The molecule has 0 saturated carbocycles. The number of rotatable bonds is 0. The standard InChI is InChI=1S/C10H14O2S/c1-10(2,3)6-4-7(11)8(12)5-9(6)13/h4-5,11-13H,1-3H3. The van der Waals surface area contributed by atoms with Crippen LogP contribution in [-0.2, 0) is 5.41 Å². The Labute approximate surface area is 83.6 Å². The molecule has 1 aromatic carbocycles. The maximum atomic E-state index is 9.30. The minimum atomic E-state index is -0.127. The van der Waals surface area contributed by atoms with Crippen molar-refractivity contribution in [2.24, 2.45) is 0 Å². The number of thiol groups is 1. The van der Waals surface area contributed by atoms with E-state index in [1.165, 1.54) is 6.07 Å². The van der Waals surface area contributed by atoms with E-state index in [-0.39, 0.29) is 16.9 Å². The van der Waals surface area contributed by atoms with Crippen molar-refractivity contribution in [3.8, 4) is 11.5 Å². The summed E-state index contributed by atoms with van der Waals surface area (Å²) in [7, 11) is 0. The highest BCUT2D eigenvalue weighted by Crippen LogP contribution is 2.36. The third-order valence-corrected chi connectivity index (χ3v) is 2.27. The van der Waals surface area contributed by atoms with Gasteiger partial charge in [-0.05, 0) is 23.1 Å². The fourth-order valence-electron chi connectivity index (χ4n) is 1.17. The zero-order chi connectivity index (χ0) is 10.2. The predicted octanol–water partition coefficient (Wildman–Crippen LogP) is 2.68. The number of hydrogen-bond acceptors (Lipinski definition) is 3. The lowest BCUT2D eigenvalue weighted by atomic mass is 9.87. The van der Waals surface area contributed by atoms with Crippen molar-refractivity contribution in [3.05, 3.63) is 17.7 Å². The molecule has 0 aliphatic heterocycles. The van der Waals surface area contributed by atoms with Crippen molar-refractivity contribution in [2.45, 2.75) is 31.1 Å². The predicted molar refractivity (Wildman–Crippen MR) is 55.7 cm³/mol. The molecule has 0 radical (unpaired) electrons. The van der Waals surface area contributed by atoms with Crippen molar-refractivity contribution in [1.82, 2.24) is 0 Å². The van der Waals surface area contributed by atoms with Gasteiger partial charge in [0.15, 0.2) is 11.5 Å². The molecule has 13 heavy (non-hydrogen) atoms. The van der Waals surface area contributed by atoms with Crippen LogP contribution in [0.2, 0.25) is 0 Å². The molecule has 0 spiro atoms. The fraction of sp³-hybridized carbons (Fsp3) is 0.400. The number of phenolic OH excluding ortho intramolecular Hbond substituents is 2. The maximum absolute atomic E-state index is 9.30. The molecule has 3 heteroatoms. The van der Waals surface area contributed by atoms with E-state index in [9.17, 15) is 10.2 Å². The molecule has 0 aliphatic rings. The first-order chi connectivity index (χ1) is 5.82. The van der Waals surface area contributed by atoms with Crippen LogP contribution in [0.5, 0.6) is 11.5 Å². The first kappa shape index (κ1) is 10.3. The minimum absolute atomic E-state index is 0.0811. The monoisotopic (exact) mass is 198 g/mol. The minimum Gasteiger partial charge on any atom is -0.504 e. The van der Waals surface area contributed by atoms with Gasteiger partial charge >= 0.3 is 0 Å². The molecule has 0 aliphatic carbocycles. The summed E-state index contributed by atoms with van der Waals surface area (Å²) in [6.45, 7) is 6.08. The summed E-state index contributed by atoms with van der Waals surface area (Å²) in [6, 6.07) is 3.01. The highest BCUT2D eigenvalue weighted by molar-refractivity contribution is 7.80. The van der Waals surface area contributed by atoms with Gasteiger partial charge in [-0.1, -0.05) is 20.8 Å². The van der Waals surface area contributed by atoms with E-state index in [1.54, 1.807) is 6.07 Å². The van der Waals surface area contributed by atoms with Crippen LogP contribution in [0.1, 0.15) is 26.3 Å². The Morgan fingerprint density at radius 1 is 1.08 bits per heavy atom. The lowest BCUT2D eigenvalue weighted by Crippen LogP contribution is -2.11. The summed E-state index contributed by atoms with van der Waals surface area (Å²) < 4.78 is 0. The molecule has 2 N–H and O–H groups in total. The molecular formula is C10H14O2S. The van der Waals surface area contributed by atoms with Crippen LogP contribution >= 0.6 is 12.6 Å². The van der Waals surface area contributed by atoms with Gasteiger partial charge in [0.05, 0.1) is 0 Å². The average molecular weight is 198 g/mol. The molecule has 0 amide bonds. The summed E-state index contributed by atoms with van der Waals surface area (Å²) in [5.41, 5.74) is 0.841. The topological polar surface area (TPSA) is 40.5 Å². The van der Waals surface area contributed by atoms with Gasteiger partial charge in [0, 0.05) is 4.90 Å². The van der Waals surface area contributed by atoms with Crippen LogP contribution in [0.15, 0.2) is 17.0 Å². The smallest absolute Gasteiger partial charge is 0.158 e. The molecular weight excluding hydrogens is 184 g/mol. The Morgan fingerprint density at radius 3 is 2.00 bits per heavy atom. The van der Waals surface area contributed by atoms with Gasteiger partial charge in [0.1, 0.15) is 0 Å². The van der Waals surface area contributed by atoms with E-state index in [0.717, 1.165) is 5.56 Å². The van der Waals surface area contributed by atoms with E-state index in [4.69, 9.17) is 0 Å². The highest BCUT2D eigenvalue weighted by Gasteiger charge is 2.18. The van der Waals surface area contributed by atoms with Gasteiger partial charge in [-0.15, -0.1) is 12.6 Å². The summed E-state index contributed by atoms with van der Waals surface area (Å²) in [5, 5.41) is 18.5. The quantitative estimate of drug-likeness (QED) is 0.443. The second-order valence-corrected chi connectivity index (χ2v) is 4.59. The summed E-state index contributed by atoms with van der Waals surface area (Å²) in [5.74, 6) is -0.222. The lowest BCUT2D eigenvalue weighted by molar-refractivity contribution is 0.399. The van der Waals surface area contributed by atoms with Gasteiger partial charge in [-0.25, -0.2) is 0 Å². The average Bonchev–Trinajstić information content (AvgIpc) is 1.94. The van der Waals surface area contributed by atoms with Crippen molar-refractivity contribution in [2.75, 3.05) is 0 Å². The molecule has 0 atom stereocenters. The van der Waals surface area contributed by atoms with Crippen LogP contribution in [0, 0.1) is 0 Å². The van der Waals surface area contributed by atoms with Crippen molar-refractivity contribution < 1.29 is 10.2 Å². The summed E-state index contributed by atoms with van der Waals surface area (Å²) in [6.07, 6.45) is 0. The molecule has 0 saturated heterocycles. The Bertz CT molecular complexity index is 326. The summed E-state index contributed by atoms with van der Waals surface area (Å²) in [4.78, 5) is 0.697. The second kappa shape index (κ2) is 3.14. The first-order valence-corrected chi connectivity index (χ1v) is 4.52. The van der Waals surface area contributed by atoms with E-state index >= 15 is 0 Å².